The Kier molecular flexibility index (Phi) is 5.63. The van der Waals surface area contributed by atoms with Crippen molar-refractivity contribution in [1.82, 2.24) is 5.32 Å². The van der Waals surface area contributed by atoms with Crippen molar-refractivity contribution in [3.05, 3.63) is 65.7 Å². The van der Waals surface area contributed by atoms with Crippen LogP contribution in [0.2, 0.25) is 0 Å². The van der Waals surface area contributed by atoms with Gasteiger partial charge in [-0.05, 0) is 30.4 Å². The van der Waals surface area contributed by atoms with E-state index in [-0.39, 0.29) is 12.5 Å². The minimum atomic E-state index is -1.09. The maximum absolute atomic E-state index is 12.4. The van der Waals surface area contributed by atoms with Gasteiger partial charge in [-0.1, -0.05) is 49.4 Å². The highest BCUT2D eigenvalue weighted by Gasteiger charge is 2.24. The molecular formula is C18H21NO2S. The predicted octanol–water partition coefficient (Wildman–Crippen LogP) is 3.44. The van der Waals surface area contributed by atoms with Crippen LogP contribution in [0.15, 0.2) is 59.5 Å². The first-order chi connectivity index (χ1) is 10.5. The molecule has 1 amide bonds. The number of carbonyl (C=O) groups excluding carboxylic acids is 1. The number of aliphatic hydroxyl groups is 1. The van der Waals surface area contributed by atoms with Gasteiger partial charge in [0.1, 0.15) is 5.60 Å². The summed E-state index contributed by atoms with van der Waals surface area (Å²) in [6.45, 7) is 3.93. The average molecular weight is 315 g/mol. The zero-order chi connectivity index (χ0) is 16.0. The van der Waals surface area contributed by atoms with Gasteiger partial charge in [0.05, 0.1) is 12.1 Å². The second kappa shape index (κ2) is 7.47. The van der Waals surface area contributed by atoms with Gasteiger partial charge in [0.25, 0.3) is 5.91 Å². The van der Waals surface area contributed by atoms with Gasteiger partial charge in [-0.2, -0.15) is 0 Å². The highest BCUT2D eigenvalue weighted by atomic mass is 32.2. The van der Waals surface area contributed by atoms with Gasteiger partial charge in [-0.25, -0.2) is 0 Å². The Hall–Kier alpha value is -1.78. The van der Waals surface area contributed by atoms with E-state index >= 15 is 0 Å². The lowest BCUT2D eigenvalue weighted by atomic mass is 9.96. The maximum atomic E-state index is 12.4. The van der Waals surface area contributed by atoms with Gasteiger partial charge in [-0.15, -0.1) is 11.8 Å². The quantitative estimate of drug-likeness (QED) is 0.803. The Labute approximate surface area is 135 Å². The van der Waals surface area contributed by atoms with Crippen LogP contribution >= 0.6 is 11.8 Å². The molecule has 2 aromatic rings. The fourth-order valence-corrected chi connectivity index (χ4v) is 2.98. The van der Waals surface area contributed by atoms with Gasteiger partial charge < -0.3 is 10.4 Å². The fourth-order valence-electron chi connectivity index (χ4n) is 2.18. The van der Waals surface area contributed by atoms with Crippen LogP contribution in [-0.4, -0.2) is 23.3 Å². The molecule has 22 heavy (non-hydrogen) atoms. The predicted molar refractivity (Wildman–Crippen MR) is 91.2 cm³/mol. The molecule has 0 bridgehead atoms. The maximum Gasteiger partial charge on any atom is 0.252 e. The Bertz CT molecular complexity index is 626. The summed E-state index contributed by atoms with van der Waals surface area (Å²) in [5.74, 6) is 0.749. The molecule has 116 valence electrons. The SMILES string of the molecule is CCSc1ccccc1C(=O)NCC(C)(O)c1ccccc1. The second-order valence-electron chi connectivity index (χ2n) is 5.25. The first-order valence-electron chi connectivity index (χ1n) is 7.32. The summed E-state index contributed by atoms with van der Waals surface area (Å²) >= 11 is 1.64. The van der Waals surface area contributed by atoms with Crippen LogP contribution in [-0.2, 0) is 5.60 Å². The molecule has 0 aliphatic rings. The molecule has 0 aliphatic heterocycles. The second-order valence-corrected chi connectivity index (χ2v) is 6.56. The Balaban J connectivity index is 2.07. The first kappa shape index (κ1) is 16.6. The molecule has 3 nitrogen and oxygen atoms in total. The lowest BCUT2D eigenvalue weighted by Gasteiger charge is -2.24. The van der Waals surface area contributed by atoms with Crippen molar-refractivity contribution in [3.8, 4) is 0 Å². The highest BCUT2D eigenvalue weighted by Crippen LogP contribution is 2.23. The van der Waals surface area contributed by atoms with E-state index in [9.17, 15) is 9.90 Å². The summed E-state index contributed by atoms with van der Waals surface area (Å²) in [6.07, 6.45) is 0. The van der Waals surface area contributed by atoms with Crippen molar-refractivity contribution in [1.29, 1.82) is 0 Å². The molecule has 0 aliphatic carbocycles. The van der Waals surface area contributed by atoms with E-state index < -0.39 is 5.60 Å². The molecular weight excluding hydrogens is 294 g/mol. The van der Waals surface area contributed by atoms with E-state index in [1.165, 1.54) is 0 Å². The van der Waals surface area contributed by atoms with E-state index in [1.807, 2.05) is 54.6 Å². The van der Waals surface area contributed by atoms with Gasteiger partial charge >= 0.3 is 0 Å². The lowest BCUT2D eigenvalue weighted by Crippen LogP contribution is -2.38. The summed E-state index contributed by atoms with van der Waals surface area (Å²) in [5.41, 5.74) is 0.341. The molecule has 2 aromatic carbocycles. The zero-order valence-electron chi connectivity index (χ0n) is 12.9. The van der Waals surface area contributed by atoms with Gasteiger partial charge in [0.15, 0.2) is 0 Å². The van der Waals surface area contributed by atoms with Crippen LogP contribution < -0.4 is 5.32 Å². The number of thioether (sulfide) groups is 1. The Morgan fingerprint density at radius 2 is 1.77 bits per heavy atom. The lowest BCUT2D eigenvalue weighted by molar-refractivity contribution is 0.0525. The van der Waals surface area contributed by atoms with Gasteiger partial charge in [-0.3, -0.25) is 4.79 Å². The number of rotatable bonds is 6. The number of carbonyl (C=O) groups is 1. The van der Waals surface area contributed by atoms with Crippen LogP contribution in [0.4, 0.5) is 0 Å². The third kappa shape index (κ3) is 4.12. The normalized spacial score (nSPS) is 13.4. The van der Waals surface area contributed by atoms with E-state index in [0.29, 0.717) is 5.56 Å². The van der Waals surface area contributed by atoms with Crippen molar-refractivity contribution >= 4 is 17.7 Å². The summed E-state index contributed by atoms with van der Waals surface area (Å²) < 4.78 is 0. The van der Waals surface area contributed by atoms with E-state index in [0.717, 1.165) is 16.2 Å². The standard InChI is InChI=1S/C18H21NO2S/c1-3-22-16-12-8-7-11-15(16)17(20)19-13-18(2,21)14-9-5-4-6-10-14/h4-12,21H,3,13H2,1-2H3,(H,19,20). The summed E-state index contributed by atoms with van der Waals surface area (Å²) in [6, 6.07) is 16.9. The van der Waals surface area contributed by atoms with Crippen molar-refractivity contribution in [2.45, 2.75) is 24.3 Å². The highest BCUT2D eigenvalue weighted by molar-refractivity contribution is 7.99. The number of amides is 1. The smallest absolute Gasteiger partial charge is 0.252 e. The largest absolute Gasteiger partial charge is 0.384 e. The first-order valence-corrected chi connectivity index (χ1v) is 8.31. The van der Waals surface area contributed by atoms with Crippen molar-refractivity contribution in [3.63, 3.8) is 0 Å². The van der Waals surface area contributed by atoms with Crippen molar-refractivity contribution in [2.75, 3.05) is 12.3 Å². The molecule has 0 heterocycles. The third-order valence-electron chi connectivity index (χ3n) is 3.42. The van der Waals surface area contributed by atoms with Crippen LogP contribution in [0.3, 0.4) is 0 Å². The van der Waals surface area contributed by atoms with Crippen LogP contribution in [0.5, 0.6) is 0 Å². The molecule has 1 unspecified atom stereocenters. The average Bonchev–Trinajstić information content (AvgIpc) is 2.54. The minimum absolute atomic E-state index is 0.159. The summed E-state index contributed by atoms with van der Waals surface area (Å²) in [4.78, 5) is 13.3. The molecule has 4 heteroatoms. The zero-order valence-corrected chi connectivity index (χ0v) is 13.7. The van der Waals surface area contributed by atoms with Crippen molar-refractivity contribution in [2.24, 2.45) is 0 Å². The number of hydrogen-bond donors (Lipinski definition) is 2. The molecule has 0 radical (unpaired) electrons. The van der Waals surface area contributed by atoms with Gasteiger partial charge in [0, 0.05) is 4.90 Å². The van der Waals surface area contributed by atoms with Crippen LogP contribution in [0.1, 0.15) is 29.8 Å². The number of benzene rings is 2. The molecule has 0 fully saturated rings. The van der Waals surface area contributed by atoms with E-state index in [1.54, 1.807) is 18.7 Å². The Morgan fingerprint density at radius 1 is 1.14 bits per heavy atom. The molecule has 0 saturated carbocycles. The Morgan fingerprint density at radius 3 is 2.45 bits per heavy atom. The van der Waals surface area contributed by atoms with E-state index in [4.69, 9.17) is 0 Å². The molecule has 2 N–H and O–H groups in total. The van der Waals surface area contributed by atoms with Crippen LogP contribution in [0, 0.1) is 0 Å². The third-order valence-corrected chi connectivity index (χ3v) is 4.38. The number of nitrogens with one attached hydrogen (secondary N) is 1. The van der Waals surface area contributed by atoms with E-state index in [2.05, 4.69) is 12.2 Å². The molecule has 0 aromatic heterocycles. The minimum Gasteiger partial charge on any atom is -0.384 e. The summed E-state index contributed by atoms with van der Waals surface area (Å²) in [5, 5.41) is 13.4. The number of hydrogen-bond acceptors (Lipinski definition) is 3. The molecule has 0 saturated heterocycles. The monoisotopic (exact) mass is 315 g/mol. The topological polar surface area (TPSA) is 49.3 Å². The van der Waals surface area contributed by atoms with Gasteiger partial charge in [0.2, 0.25) is 0 Å². The fraction of sp³-hybridized carbons (Fsp3) is 0.278. The molecule has 1 atom stereocenters. The molecule has 0 spiro atoms. The van der Waals surface area contributed by atoms with Crippen LogP contribution in [0.25, 0.3) is 0 Å². The summed E-state index contributed by atoms with van der Waals surface area (Å²) in [7, 11) is 0. The van der Waals surface area contributed by atoms with Crippen molar-refractivity contribution < 1.29 is 9.90 Å². The molecule has 2 rings (SSSR count).